The zero-order valence-corrected chi connectivity index (χ0v) is 11.8. The van der Waals surface area contributed by atoms with E-state index in [1.807, 2.05) is 24.3 Å². The Morgan fingerprint density at radius 2 is 1.86 bits per heavy atom. The number of para-hydroxylation sites is 1. The first-order chi connectivity index (χ1) is 9.99. The number of anilines is 1. The van der Waals surface area contributed by atoms with E-state index in [-0.39, 0.29) is 0 Å². The first kappa shape index (κ1) is 13.9. The SMILES string of the molecule is CNc1ccccc1-c1nc2cc(C(F)(F)F)ccc2s1. The maximum absolute atomic E-state index is 12.7. The molecule has 108 valence electrons. The van der Waals surface area contributed by atoms with Gasteiger partial charge in [0.1, 0.15) is 5.01 Å². The number of hydrogen-bond donors (Lipinski definition) is 1. The van der Waals surface area contributed by atoms with Gasteiger partial charge >= 0.3 is 6.18 Å². The van der Waals surface area contributed by atoms with E-state index < -0.39 is 11.7 Å². The smallest absolute Gasteiger partial charge is 0.388 e. The van der Waals surface area contributed by atoms with Gasteiger partial charge < -0.3 is 5.32 Å². The summed E-state index contributed by atoms with van der Waals surface area (Å²) >= 11 is 1.38. The lowest BCUT2D eigenvalue weighted by atomic mass is 10.2. The van der Waals surface area contributed by atoms with Gasteiger partial charge in [-0.25, -0.2) is 4.98 Å². The Kier molecular flexibility index (Phi) is 3.33. The van der Waals surface area contributed by atoms with Crippen molar-refractivity contribution in [1.82, 2.24) is 4.98 Å². The van der Waals surface area contributed by atoms with E-state index in [9.17, 15) is 13.2 Å². The highest BCUT2D eigenvalue weighted by Crippen LogP contribution is 2.37. The number of rotatable bonds is 2. The van der Waals surface area contributed by atoms with Gasteiger partial charge in [0.05, 0.1) is 15.8 Å². The Hall–Kier alpha value is -2.08. The molecule has 0 atom stereocenters. The molecule has 0 saturated carbocycles. The lowest BCUT2D eigenvalue weighted by Crippen LogP contribution is -2.03. The molecule has 3 rings (SSSR count). The van der Waals surface area contributed by atoms with E-state index >= 15 is 0 Å². The minimum Gasteiger partial charge on any atom is -0.388 e. The maximum Gasteiger partial charge on any atom is 0.416 e. The third-order valence-corrected chi connectivity index (χ3v) is 4.21. The van der Waals surface area contributed by atoms with Crippen LogP contribution in [0.2, 0.25) is 0 Å². The largest absolute Gasteiger partial charge is 0.416 e. The van der Waals surface area contributed by atoms with Gasteiger partial charge in [-0.15, -0.1) is 11.3 Å². The molecule has 0 aliphatic heterocycles. The fraction of sp³-hybridized carbons (Fsp3) is 0.133. The van der Waals surface area contributed by atoms with E-state index in [0.29, 0.717) is 10.5 Å². The van der Waals surface area contributed by atoms with Gasteiger partial charge in [-0.1, -0.05) is 12.1 Å². The van der Waals surface area contributed by atoms with Crippen LogP contribution in [0.5, 0.6) is 0 Å². The van der Waals surface area contributed by atoms with E-state index in [4.69, 9.17) is 0 Å². The maximum atomic E-state index is 12.7. The first-order valence-corrected chi connectivity index (χ1v) is 7.05. The molecule has 1 N–H and O–H groups in total. The van der Waals surface area contributed by atoms with Gasteiger partial charge in [-0.2, -0.15) is 13.2 Å². The molecule has 0 unspecified atom stereocenters. The molecule has 21 heavy (non-hydrogen) atoms. The second-order valence-electron chi connectivity index (χ2n) is 4.49. The average Bonchev–Trinajstić information content (AvgIpc) is 2.89. The highest BCUT2D eigenvalue weighted by molar-refractivity contribution is 7.21. The van der Waals surface area contributed by atoms with Crippen LogP contribution < -0.4 is 5.32 Å². The van der Waals surface area contributed by atoms with Gasteiger partial charge in [0.25, 0.3) is 0 Å². The van der Waals surface area contributed by atoms with Crippen molar-refractivity contribution in [2.24, 2.45) is 0 Å². The Morgan fingerprint density at radius 1 is 1.10 bits per heavy atom. The molecule has 0 bridgehead atoms. The van der Waals surface area contributed by atoms with E-state index in [0.717, 1.165) is 28.1 Å². The van der Waals surface area contributed by atoms with Gasteiger partial charge in [0.2, 0.25) is 0 Å². The van der Waals surface area contributed by atoms with Crippen molar-refractivity contribution in [3.63, 3.8) is 0 Å². The van der Waals surface area contributed by atoms with Crippen molar-refractivity contribution >= 4 is 27.2 Å². The average molecular weight is 308 g/mol. The highest BCUT2D eigenvalue weighted by Gasteiger charge is 2.30. The summed E-state index contributed by atoms with van der Waals surface area (Å²) in [4.78, 5) is 4.34. The van der Waals surface area contributed by atoms with Crippen LogP contribution >= 0.6 is 11.3 Å². The monoisotopic (exact) mass is 308 g/mol. The first-order valence-electron chi connectivity index (χ1n) is 6.24. The fourth-order valence-corrected chi connectivity index (χ4v) is 3.09. The minimum atomic E-state index is -4.35. The summed E-state index contributed by atoms with van der Waals surface area (Å²) in [6, 6.07) is 11.2. The number of thiazole rings is 1. The van der Waals surface area contributed by atoms with Crippen LogP contribution in [-0.2, 0) is 6.18 Å². The number of aromatic nitrogens is 1. The Labute approximate surface area is 123 Å². The second kappa shape index (κ2) is 5.04. The lowest BCUT2D eigenvalue weighted by Gasteiger charge is -2.05. The van der Waals surface area contributed by atoms with Crippen LogP contribution in [0.4, 0.5) is 18.9 Å². The number of nitrogens with one attached hydrogen (secondary N) is 1. The van der Waals surface area contributed by atoms with Crippen molar-refractivity contribution < 1.29 is 13.2 Å². The molecule has 0 aliphatic carbocycles. The van der Waals surface area contributed by atoms with Gasteiger partial charge in [0.15, 0.2) is 0 Å². The predicted molar refractivity (Wildman–Crippen MR) is 79.6 cm³/mol. The highest BCUT2D eigenvalue weighted by atomic mass is 32.1. The summed E-state index contributed by atoms with van der Waals surface area (Å²) in [5.41, 5.74) is 1.48. The number of halogens is 3. The molecule has 0 amide bonds. The Morgan fingerprint density at radius 3 is 2.57 bits per heavy atom. The number of nitrogens with zero attached hydrogens (tertiary/aromatic N) is 1. The molecule has 0 saturated heterocycles. The summed E-state index contributed by atoms with van der Waals surface area (Å²) in [5.74, 6) is 0. The fourth-order valence-electron chi connectivity index (χ4n) is 2.11. The summed E-state index contributed by atoms with van der Waals surface area (Å²) < 4.78 is 38.9. The molecule has 0 radical (unpaired) electrons. The van der Waals surface area contributed by atoms with Crippen LogP contribution in [0, 0.1) is 0 Å². The van der Waals surface area contributed by atoms with Crippen molar-refractivity contribution in [2.45, 2.75) is 6.18 Å². The van der Waals surface area contributed by atoms with Crippen molar-refractivity contribution in [3.05, 3.63) is 48.0 Å². The standard InChI is InChI=1S/C15H11F3N2S/c1-19-11-5-3-2-4-10(11)14-20-12-8-9(15(16,17)18)6-7-13(12)21-14/h2-8,19H,1H3. The number of hydrogen-bond acceptors (Lipinski definition) is 3. The zero-order chi connectivity index (χ0) is 15.0. The van der Waals surface area contributed by atoms with E-state index in [1.54, 1.807) is 7.05 Å². The van der Waals surface area contributed by atoms with Crippen molar-refractivity contribution in [1.29, 1.82) is 0 Å². The molecule has 1 aromatic heterocycles. The lowest BCUT2D eigenvalue weighted by molar-refractivity contribution is -0.137. The van der Waals surface area contributed by atoms with Crippen molar-refractivity contribution in [2.75, 3.05) is 12.4 Å². The third-order valence-electron chi connectivity index (χ3n) is 3.14. The summed E-state index contributed by atoms with van der Waals surface area (Å²) in [5, 5.41) is 3.76. The molecule has 0 fully saturated rings. The summed E-state index contributed by atoms with van der Waals surface area (Å²) in [6.07, 6.45) is -4.35. The molecule has 0 aliphatic rings. The van der Waals surface area contributed by atoms with Crippen LogP contribution in [0.3, 0.4) is 0 Å². The topological polar surface area (TPSA) is 24.9 Å². The zero-order valence-electron chi connectivity index (χ0n) is 11.0. The van der Waals surface area contributed by atoms with Crippen LogP contribution in [0.15, 0.2) is 42.5 Å². The summed E-state index contributed by atoms with van der Waals surface area (Å²) in [7, 11) is 1.80. The molecule has 2 aromatic carbocycles. The van der Waals surface area contributed by atoms with Gasteiger partial charge in [-0.05, 0) is 30.3 Å². The van der Waals surface area contributed by atoms with Gasteiger partial charge in [-0.3, -0.25) is 0 Å². The van der Waals surface area contributed by atoms with Crippen molar-refractivity contribution in [3.8, 4) is 10.6 Å². The van der Waals surface area contributed by atoms with E-state index in [1.165, 1.54) is 17.4 Å². The molecular formula is C15H11F3N2S. The molecule has 6 heteroatoms. The molecule has 3 aromatic rings. The predicted octanol–water partition coefficient (Wildman–Crippen LogP) is 5.02. The number of benzene rings is 2. The molecule has 0 spiro atoms. The third kappa shape index (κ3) is 2.58. The Balaban J connectivity index is 2.13. The number of fused-ring (bicyclic) bond motifs is 1. The minimum absolute atomic E-state index is 0.371. The quantitative estimate of drug-likeness (QED) is 0.718. The van der Waals surface area contributed by atoms with E-state index in [2.05, 4.69) is 10.3 Å². The Bertz CT molecular complexity index is 793. The van der Waals surface area contributed by atoms with Crippen LogP contribution in [-0.4, -0.2) is 12.0 Å². The van der Waals surface area contributed by atoms with Gasteiger partial charge in [0, 0.05) is 18.3 Å². The summed E-state index contributed by atoms with van der Waals surface area (Å²) in [6.45, 7) is 0. The molecule has 2 nitrogen and oxygen atoms in total. The number of alkyl halides is 3. The molecule has 1 heterocycles. The second-order valence-corrected chi connectivity index (χ2v) is 5.53. The normalized spacial score (nSPS) is 11.8. The molecular weight excluding hydrogens is 297 g/mol. The van der Waals surface area contributed by atoms with Crippen LogP contribution in [0.25, 0.3) is 20.8 Å². The van der Waals surface area contributed by atoms with Crippen LogP contribution in [0.1, 0.15) is 5.56 Å².